The van der Waals surface area contributed by atoms with E-state index in [1.54, 1.807) is 42.7 Å². The number of carbonyl (C=O) groups excluding carboxylic acids is 1. The summed E-state index contributed by atoms with van der Waals surface area (Å²) in [5.41, 5.74) is 0.744. The van der Waals surface area contributed by atoms with E-state index in [0.29, 0.717) is 11.8 Å². The van der Waals surface area contributed by atoms with E-state index in [0.717, 1.165) is 31.6 Å². The Labute approximate surface area is 122 Å². The van der Waals surface area contributed by atoms with Crippen LogP contribution in [0.5, 0.6) is 11.8 Å². The van der Waals surface area contributed by atoms with Crippen LogP contribution in [0, 0.1) is 0 Å². The zero-order chi connectivity index (χ0) is 14.5. The molecule has 1 aliphatic heterocycles. The number of urea groups is 1. The van der Waals surface area contributed by atoms with E-state index in [1.807, 2.05) is 4.90 Å². The quantitative estimate of drug-likeness (QED) is 0.941. The van der Waals surface area contributed by atoms with Crippen molar-refractivity contribution in [2.24, 2.45) is 0 Å². The maximum absolute atomic E-state index is 12.0. The lowest BCUT2D eigenvalue weighted by molar-refractivity contribution is 0.222. The Morgan fingerprint density at radius 3 is 2.43 bits per heavy atom. The summed E-state index contributed by atoms with van der Waals surface area (Å²) in [6.45, 7) is 1.66. The van der Waals surface area contributed by atoms with Gasteiger partial charge in [0.25, 0.3) is 0 Å². The zero-order valence-electron chi connectivity index (χ0n) is 11.5. The van der Waals surface area contributed by atoms with Gasteiger partial charge < -0.3 is 15.0 Å². The number of nitrogens with zero attached hydrogens (tertiary/aromatic N) is 3. The largest absolute Gasteiger partial charge is 0.424 e. The molecule has 1 N–H and O–H groups in total. The normalized spacial score (nSPS) is 14.0. The molecule has 0 bridgehead atoms. The van der Waals surface area contributed by atoms with Crippen LogP contribution in [0.3, 0.4) is 0 Å². The van der Waals surface area contributed by atoms with Crippen molar-refractivity contribution in [3.63, 3.8) is 0 Å². The Bertz CT molecular complexity index is 595. The van der Waals surface area contributed by atoms with Gasteiger partial charge in [-0.1, -0.05) is 0 Å². The molecule has 0 spiro atoms. The number of likely N-dealkylation sites (tertiary alicyclic amines) is 1. The van der Waals surface area contributed by atoms with Gasteiger partial charge in [0.1, 0.15) is 5.75 Å². The molecule has 1 aromatic carbocycles. The molecule has 3 rings (SSSR count). The van der Waals surface area contributed by atoms with Gasteiger partial charge in [-0.2, -0.15) is 0 Å². The predicted octanol–water partition coefficient (Wildman–Crippen LogP) is 2.90. The summed E-state index contributed by atoms with van der Waals surface area (Å²) in [4.78, 5) is 21.8. The van der Waals surface area contributed by atoms with Gasteiger partial charge >= 0.3 is 12.0 Å². The van der Waals surface area contributed by atoms with Gasteiger partial charge in [0.05, 0.1) is 0 Å². The third-order valence-electron chi connectivity index (χ3n) is 3.25. The van der Waals surface area contributed by atoms with E-state index in [1.165, 1.54) is 0 Å². The highest BCUT2D eigenvalue weighted by Gasteiger charge is 2.17. The maximum atomic E-state index is 12.0. The number of ether oxygens (including phenoxy) is 1. The number of hydrogen-bond donors (Lipinski definition) is 1. The van der Waals surface area contributed by atoms with Crippen LogP contribution in [0.15, 0.2) is 42.7 Å². The highest BCUT2D eigenvalue weighted by atomic mass is 16.5. The molecule has 1 aromatic heterocycles. The monoisotopic (exact) mass is 284 g/mol. The highest BCUT2D eigenvalue weighted by molar-refractivity contribution is 5.89. The lowest BCUT2D eigenvalue weighted by Gasteiger charge is -2.16. The minimum absolute atomic E-state index is 0.0486. The van der Waals surface area contributed by atoms with Gasteiger partial charge in [0.2, 0.25) is 0 Å². The molecule has 0 radical (unpaired) electrons. The van der Waals surface area contributed by atoms with Crippen LogP contribution in [0.2, 0.25) is 0 Å². The highest BCUT2D eigenvalue weighted by Crippen LogP contribution is 2.20. The minimum atomic E-state index is -0.0486. The second kappa shape index (κ2) is 6.21. The van der Waals surface area contributed by atoms with E-state index in [-0.39, 0.29) is 6.03 Å². The molecular weight excluding hydrogens is 268 g/mol. The summed E-state index contributed by atoms with van der Waals surface area (Å²) >= 11 is 0. The molecule has 0 saturated carbocycles. The summed E-state index contributed by atoms with van der Waals surface area (Å²) in [5, 5.41) is 2.88. The molecule has 108 valence electrons. The van der Waals surface area contributed by atoms with Gasteiger partial charge in [0.15, 0.2) is 0 Å². The zero-order valence-corrected chi connectivity index (χ0v) is 11.5. The molecule has 6 nitrogen and oxygen atoms in total. The molecule has 0 aliphatic carbocycles. The fraction of sp³-hybridized carbons (Fsp3) is 0.267. The second-order valence-corrected chi connectivity index (χ2v) is 4.78. The minimum Gasteiger partial charge on any atom is -0.424 e. The van der Waals surface area contributed by atoms with Crippen LogP contribution in [0.4, 0.5) is 10.5 Å². The Balaban J connectivity index is 1.60. The van der Waals surface area contributed by atoms with Gasteiger partial charge in [-0.15, -0.1) is 0 Å². The summed E-state index contributed by atoms with van der Waals surface area (Å²) in [7, 11) is 0. The van der Waals surface area contributed by atoms with Crippen molar-refractivity contribution >= 4 is 11.7 Å². The summed E-state index contributed by atoms with van der Waals surface area (Å²) in [6, 6.07) is 9.12. The Morgan fingerprint density at radius 1 is 1.10 bits per heavy atom. The summed E-state index contributed by atoms with van der Waals surface area (Å²) in [5.74, 6) is 0.625. The van der Waals surface area contributed by atoms with Gasteiger partial charge in [-0.05, 0) is 43.2 Å². The van der Waals surface area contributed by atoms with Crippen LogP contribution in [0.1, 0.15) is 12.8 Å². The number of benzene rings is 1. The van der Waals surface area contributed by atoms with E-state index in [2.05, 4.69) is 15.3 Å². The summed E-state index contributed by atoms with van der Waals surface area (Å²) < 4.78 is 5.49. The number of aromatic nitrogens is 2. The molecule has 1 aliphatic rings. The Hall–Kier alpha value is -2.63. The number of anilines is 1. The van der Waals surface area contributed by atoms with Gasteiger partial charge in [-0.25, -0.2) is 14.8 Å². The molecule has 0 unspecified atom stereocenters. The van der Waals surface area contributed by atoms with Gasteiger partial charge in [-0.3, -0.25) is 0 Å². The van der Waals surface area contributed by atoms with Crippen LogP contribution in [-0.2, 0) is 0 Å². The molecular formula is C15H16N4O2. The molecule has 2 aromatic rings. The molecule has 21 heavy (non-hydrogen) atoms. The molecule has 1 saturated heterocycles. The lowest BCUT2D eigenvalue weighted by atomic mass is 10.3. The van der Waals surface area contributed by atoms with E-state index in [4.69, 9.17) is 4.74 Å². The van der Waals surface area contributed by atoms with E-state index >= 15 is 0 Å². The smallest absolute Gasteiger partial charge is 0.321 e. The van der Waals surface area contributed by atoms with Crippen LogP contribution < -0.4 is 10.1 Å². The van der Waals surface area contributed by atoms with Crippen molar-refractivity contribution in [2.45, 2.75) is 12.8 Å². The maximum Gasteiger partial charge on any atom is 0.321 e. The fourth-order valence-corrected chi connectivity index (χ4v) is 2.17. The molecule has 2 amide bonds. The third-order valence-corrected chi connectivity index (χ3v) is 3.25. The number of rotatable bonds is 3. The first-order chi connectivity index (χ1) is 10.3. The van der Waals surface area contributed by atoms with Crippen LogP contribution in [-0.4, -0.2) is 34.0 Å². The van der Waals surface area contributed by atoms with Crippen molar-refractivity contribution in [1.82, 2.24) is 14.9 Å². The van der Waals surface area contributed by atoms with Crippen molar-refractivity contribution in [2.75, 3.05) is 18.4 Å². The SMILES string of the molecule is O=C(Nc1ccc(Oc2ncccn2)cc1)N1CCCC1. The standard InChI is InChI=1S/C15H16N4O2/c20-15(19-10-1-2-11-19)18-12-4-6-13(7-5-12)21-14-16-8-3-9-17-14/h3-9H,1-2,10-11H2,(H,18,20). The van der Waals surface area contributed by atoms with Crippen molar-refractivity contribution in [1.29, 1.82) is 0 Å². The fourth-order valence-electron chi connectivity index (χ4n) is 2.17. The number of hydrogen-bond acceptors (Lipinski definition) is 4. The van der Waals surface area contributed by atoms with E-state index in [9.17, 15) is 4.79 Å². The van der Waals surface area contributed by atoms with Crippen molar-refractivity contribution in [3.05, 3.63) is 42.7 Å². The third kappa shape index (κ3) is 3.47. The predicted molar refractivity (Wildman–Crippen MR) is 78.4 cm³/mol. The first kappa shape index (κ1) is 13.4. The molecule has 2 heterocycles. The lowest BCUT2D eigenvalue weighted by Crippen LogP contribution is -2.32. The Kier molecular flexibility index (Phi) is 3.95. The second-order valence-electron chi connectivity index (χ2n) is 4.78. The first-order valence-corrected chi connectivity index (χ1v) is 6.92. The van der Waals surface area contributed by atoms with Gasteiger partial charge in [0, 0.05) is 31.2 Å². The first-order valence-electron chi connectivity index (χ1n) is 6.92. The number of amides is 2. The van der Waals surface area contributed by atoms with Crippen LogP contribution in [0.25, 0.3) is 0 Å². The average Bonchev–Trinajstić information content (AvgIpc) is 3.05. The van der Waals surface area contributed by atoms with Crippen molar-refractivity contribution < 1.29 is 9.53 Å². The Morgan fingerprint density at radius 2 is 1.76 bits per heavy atom. The summed E-state index contributed by atoms with van der Waals surface area (Å²) in [6.07, 6.45) is 5.40. The molecule has 0 atom stereocenters. The van der Waals surface area contributed by atoms with Crippen LogP contribution >= 0.6 is 0 Å². The number of nitrogens with one attached hydrogen (secondary N) is 1. The molecule has 6 heteroatoms. The van der Waals surface area contributed by atoms with E-state index < -0.39 is 0 Å². The van der Waals surface area contributed by atoms with Crippen molar-refractivity contribution in [3.8, 4) is 11.8 Å². The molecule has 1 fully saturated rings. The topological polar surface area (TPSA) is 67.3 Å². The number of carbonyl (C=O) groups is 1. The average molecular weight is 284 g/mol.